The van der Waals surface area contributed by atoms with E-state index >= 15 is 0 Å². The predicted molar refractivity (Wildman–Crippen MR) is 89.8 cm³/mol. The van der Waals surface area contributed by atoms with Crippen LogP contribution in [0.5, 0.6) is 0 Å². The minimum atomic E-state index is -1.30. The van der Waals surface area contributed by atoms with Crippen LogP contribution in [-0.4, -0.2) is 21.4 Å². The first-order valence-electron chi connectivity index (χ1n) is 6.08. The van der Waals surface area contributed by atoms with Gasteiger partial charge in [0.2, 0.25) is 0 Å². The van der Waals surface area contributed by atoms with Crippen molar-refractivity contribution in [2.75, 3.05) is 5.32 Å². The van der Waals surface area contributed by atoms with Gasteiger partial charge in [0.15, 0.2) is 5.78 Å². The summed E-state index contributed by atoms with van der Waals surface area (Å²) in [7, 11) is 1.49. The maximum atomic E-state index is 13.9. The molecule has 0 unspecified atom stereocenters. The van der Waals surface area contributed by atoms with Crippen molar-refractivity contribution in [1.82, 2.24) is 4.57 Å². The van der Waals surface area contributed by atoms with E-state index in [-0.39, 0.29) is 33.6 Å². The van der Waals surface area contributed by atoms with Gasteiger partial charge in [-0.1, -0.05) is 11.6 Å². The predicted octanol–water partition coefficient (Wildman–Crippen LogP) is 4.07. The molecule has 0 amide bonds. The van der Waals surface area contributed by atoms with Crippen molar-refractivity contribution in [3.8, 4) is 0 Å². The van der Waals surface area contributed by atoms with Crippen LogP contribution in [0, 0.1) is 9.39 Å². The number of anilines is 2. The molecule has 0 radical (unpaired) electrons. The first kappa shape index (κ1) is 16.8. The molecule has 0 aliphatic carbocycles. The summed E-state index contributed by atoms with van der Waals surface area (Å²) in [5, 5.41) is 11.8. The lowest BCUT2D eigenvalue weighted by atomic mass is 10.2. The van der Waals surface area contributed by atoms with Crippen molar-refractivity contribution < 1.29 is 19.1 Å². The minimum Gasteiger partial charge on any atom is -0.478 e. The number of Topliss-reactive ketones (excluding diaryl/α,β-unsaturated/α-hetero) is 1. The van der Waals surface area contributed by atoms with Crippen molar-refractivity contribution in [1.29, 1.82) is 0 Å². The fourth-order valence-electron chi connectivity index (χ4n) is 2.10. The van der Waals surface area contributed by atoms with E-state index in [1.807, 2.05) is 22.6 Å². The lowest BCUT2D eigenvalue weighted by Crippen LogP contribution is -2.07. The Kier molecular flexibility index (Phi) is 4.76. The average molecular weight is 437 g/mol. The number of nitrogens with zero attached hydrogens (tertiary/aromatic N) is 1. The number of ketones is 1. The second-order valence-corrected chi connectivity index (χ2v) is 6.18. The topological polar surface area (TPSA) is 71.3 Å². The van der Waals surface area contributed by atoms with Gasteiger partial charge in [-0.25, -0.2) is 9.18 Å². The number of carboxylic acid groups (broad SMARTS) is 1. The first-order valence-corrected chi connectivity index (χ1v) is 7.54. The number of hydrogen-bond acceptors (Lipinski definition) is 3. The fraction of sp³-hybridized carbons (Fsp3) is 0.143. The lowest BCUT2D eigenvalue weighted by Gasteiger charge is -2.11. The second kappa shape index (κ2) is 6.25. The quantitative estimate of drug-likeness (QED) is 0.560. The Labute approximate surface area is 144 Å². The third kappa shape index (κ3) is 2.95. The third-order valence-corrected chi connectivity index (χ3v) is 4.11. The lowest BCUT2D eigenvalue weighted by molar-refractivity contribution is 0.0698. The molecule has 0 spiro atoms. The molecule has 0 atom stereocenters. The molecule has 0 saturated carbocycles. The Morgan fingerprint density at radius 2 is 2.05 bits per heavy atom. The highest BCUT2D eigenvalue weighted by molar-refractivity contribution is 14.1. The van der Waals surface area contributed by atoms with Crippen LogP contribution in [-0.2, 0) is 7.05 Å². The zero-order valence-electron chi connectivity index (χ0n) is 11.6. The molecule has 2 N–H and O–H groups in total. The molecular formula is C14H11ClFIN2O3. The number of aromatic nitrogens is 1. The summed E-state index contributed by atoms with van der Waals surface area (Å²) in [5.74, 6) is -2.18. The SMILES string of the molecule is CC(=O)c1c(Cl)c(C(=O)O)c(Nc2ccc(I)cc2F)n1C. The monoisotopic (exact) mass is 436 g/mol. The molecule has 8 heteroatoms. The number of hydrogen-bond donors (Lipinski definition) is 2. The summed E-state index contributed by atoms with van der Waals surface area (Å²) in [6.07, 6.45) is 0. The fourth-order valence-corrected chi connectivity index (χ4v) is 2.98. The highest BCUT2D eigenvalue weighted by atomic mass is 127. The van der Waals surface area contributed by atoms with E-state index in [2.05, 4.69) is 5.32 Å². The van der Waals surface area contributed by atoms with Gasteiger partial charge in [-0.2, -0.15) is 0 Å². The van der Waals surface area contributed by atoms with Crippen LogP contribution in [0.1, 0.15) is 27.8 Å². The molecule has 0 aliphatic rings. The van der Waals surface area contributed by atoms with Crippen molar-refractivity contribution in [3.63, 3.8) is 0 Å². The van der Waals surface area contributed by atoms with E-state index in [9.17, 15) is 19.1 Å². The molecule has 2 rings (SSSR count). The van der Waals surface area contributed by atoms with Crippen LogP contribution in [0.4, 0.5) is 15.9 Å². The van der Waals surface area contributed by atoms with Gasteiger partial charge in [0.1, 0.15) is 22.9 Å². The molecule has 22 heavy (non-hydrogen) atoms. The number of nitrogens with one attached hydrogen (secondary N) is 1. The molecule has 116 valence electrons. The van der Waals surface area contributed by atoms with E-state index in [1.54, 1.807) is 6.07 Å². The van der Waals surface area contributed by atoms with Crippen molar-refractivity contribution >= 4 is 57.4 Å². The number of halogens is 3. The summed E-state index contributed by atoms with van der Waals surface area (Å²) < 4.78 is 16.0. The molecular weight excluding hydrogens is 426 g/mol. The smallest absolute Gasteiger partial charge is 0.341 e. The number of carboxylic acids is 1. The van der Waals surface area contributed by atoms with Crippen LogP contribution in [0.3, 0.4) is 0 Å². The highest BCUT2D eigenvalue weighted by Crippen LogP contribution is 2.34. The van der Waals surface area contributed by atoms with Crippen LogP contribution in [0.25, 0.3) is 0 Å². The third-order valence-electron chi connectivity index (χ3n) is 3.07. The summed E-state index contributed by atoms with van der Waals surface area (Å²) in [4.78, 5) is 23.1. The normalized spacial score (nSPS) is 10.6. The average Bonchev–Trinajstić information content (AvgIpc) is 2.64. The van der Waals surface area contributed by atoms with Gasteiger partial charge >= 0.3 is 5.97 Å². The maximum absolute atomic E-state index is 13.9. The Balaban J connectivity index is 2.62. The number of carbonyl (C=O) groups excluding carboxylic acids is 1. The van der Waals surface area contributed by atoms with Crippen molar-refractivity contribution in [3.05, 3.63) is 43.9 Å². The Morgan fingerprint density at radius 3 is 2.55 bits per heavy atom. The zero-order valence-corrected chi connectivity index (χ0v) is 14.5. The van der Waals surface area contributed by atoms with Gasteiger partial charge in [0.05, 0.1) is 10.7 Å². The van der Waals surface area contributed by atoms with Gasteiger partial charge in [-0.05, 0) is 40.8 Å². The van der Waals surface area contributed by atoms with E-state index in [4.69, 9.17) is 11.6 Å². The minimum absolute atomic E-state index is 0.0443. The highest BCUT2D eigenvalue weighted by Gasteiger charge is 2.27. The maximum Gasteiger partial charge on any atom is 0.341 e. The number of benzene rings is 1. The number of carbonyl (C=O) groups is 2. The van der Waals surface area contributed by atoms with Gasteiger partial charge in [-0.3, -0.25) is 4.79 Å². The summed E-state index contributed by atoms with van der Waals surface area (Å²) in [6.45, 7) is 1.28. The molecule has 1 aromatic heterocycles. The Bertz CT molecular complexity index is 789. The molecule has 0 saturated heterocycles. The van der Waals surface area contributed by atoms with Crippen molar-refractivity contribution in [2.24, 2.45) is 7.05 Å². The molecule has 1 aromatic carbocycles. The van der Waals surface area contributed by atoms with Crippen LogP contribution >= 0.6 is 34.2 Å². The zero-order chi connectivity index (χ0) is 16.6. The summed E-state index contributed by atoms with van der Waals surface area (Å²) in [6, 6.07) is 4.46. The number of rotatable bonds is 4. The van der Waals surface area contributed by atoms with Gasteiger partial charge in [0, 0.05) is 17.5 Å². The molecule has 2 aromatic rings. The molecule has 0 aliphatic heterocycles. The molecule has 0 fully saturated rings. The van der Waals surface area contributed by atoms with E-state index < -0.39 is 11.8 Å². The number of aromatic carboxylic acids is 1. The standard InChI is InChI=1S/C14H11ClFIN2O3/c1-6(20)12-11(15)10(14(21)22)13(19(12)2)18-9-4-3-7(17)5-8(9)16/h3-5,18H,1-2H3,(H,21,22). The summed E-state index contributed by atoms with van der Waals surface area (Å²) in [5.41, 5.74) is -0.130. The van der Waals surface area contributed by atoms with Crippen LogP contribution in [0.15, 0.2) is 18.2 Å². The van der Waals surface area contributed by atoms with E-state index in [0.29, 0.717) is 3.57 Å². The molecule has 1 heterocycles. The first-order chi connectivity index (χ1) is 10.2. The van der Waals surface area contributed by atoms with Gasteiger partial charge in [0.25, 0.3) is 0 Å². The molecule has 0 bridgehead atoms. The van der Waals surface area contributed by atoms with Crippen molar-refractivity contribution in [2.45, 2.75) is 6.92 Å². The Morgan fingerprint density at radius 1 is 1.41 bits per heavy atom. The van der Waals surface area contributed by atoms with Gasteiger partial charge < -0.3 is 15.0 Å². The van der Waals surface area contributed by atoms with E-state index in [0.717, 1.165) is 0 Å². The Hall–Kier alpha value is -1.61. The van der Waals surface area contributed by atoms with Crippen LogP contribution < -0.4 is 5.32 Å². The largest absolute Gasteiger partial charge is 0.478 e. The van der Waals surface area contributed by atoms with Gasteiger partial charge in [-0.15, -0.1) is 0 Å². The summed E-state index contributed by atoms with van der Waals surface area (Å²) >= 11 is 7.96. The van der Waals surface area contributed by atoms with E-state index in [1.165, 1.54) is 30.7 Å². The van der Waals surface area contributed by atoms with Crippen LogP contribution in [0.2, 0.25) is 5.02 Å². The second-order valence-electron chi connectivity index (χ2n) is 4.56. The molecule has 5 nitrogen and oxygen atoms in total.